The van der Waals surface area contributed by atoms with Crippen molar-refractivity contribution in [1.82, 2.24) is 0 Å². The lowest BCUT2D eigenvalue weighted by atomic mass is 10.1. The van der Waals surface area contributed by atoms with E-state index >= 15 is 0 Å². The summed E-state index contributed by atoms with van der Waals surface area (Å²) in [7, 11) is 0. The van der Waals surface area contributed by atoms with Crippen molar-refractivity contribution in [1.29, 1.82) is 5.26 Å². The molecular formula is C18H12ClI2N3O4. The molecule has 0 spiro atoms. The number of halogens is 3. The number of non-ortho nitro benzene ring substituents is 1. The van der Waals surface area contributed by atoms with E-state index in [-0.39, 0.29) is 22.0 Å². The zero-order chi connectivity index (χ0) is 20.8. The smallest absolute Gasteiger partial charge is 0.271 e. The molecule has 0 aromatic heterocycles. The number of rotatable bonds is 6. The Bertz CT molecular complexity index is 995. The topological polar surface area (TPSA) is 105 Å². The van der Waals surface area contributed by atoms with E-state index in [1.165, 1.54) is 18.2 Å². The molecule has 0 saturated heterocycles. The summed E-state index contributed by atoms with van der Waals surface area (Å²) < 4.78 is 7.29. The van der Waals surface area contributed by atoms with Gasteiger partial charge < -0.3 is 10.1 Å². The molecule has 0 radical (unpaired) electrons. The summed E-state index contributed by atoms with van der Waals surface area (Å²) >= 11 is 10.2. The highest BCUT2D eigenvalue weighted by Crippen LogP contribution is 2.30. The van der Waals surface area contributed by atoms with Gasteiger partial charge in [-0.1, -0.05) is 11.6 Å². The highest BCUT2D eigenvalue weighted by atomic mass is 127. The molecule has 0 saturated carbocycles. The molecule has 0 atom stereocenters. The number of nitrogens with zero attached hydrogens (tertiary/aromatic N) is 2. The maximum absolute atomic E-state index is 12.4. The molecule has 0 fully saturated rings. The molecule has 1 amide bonds. The molecular weight excluding hydrogens is 611 g/mol. The van der Waals surface area contributed by atoms with E-state index in [0.29, 0.717) is 12.2 Å². The lowest BCUT2D eigenvalue weighted by Gasteiger charge is -2.10. The van der Waals surface area contributed by atoms with E-state index in [1.54, 1.807) is 12.1 Å². The Labute approximate surface area is 193 Å². The summed E-state index contributed by atoms with van der Waals surface area (Å²) in [6, 6.07) is 9.13. The number of nitriles is 1. The van der Waals surface area contributed by atoms with Crippen molar-refractivity contribution in [2.45, 2.75) is 6.92 Å². The van der Waals surface area contributed by atoms with Crippen LogP contribution in [-0.4, -0.2) is 17.4 Å². The monoisotopic (exact) mass is 623 g/mol. The second-order valence-corrected chi connectivity index (χ2v) is 8.02. The van der Waals surface area contributed by atoms with Crippen LogP contribution in [0.3, 0.4) is 0 Å². The highest BCUT2D eigenvalue weighted by molar-refractivity contribution is 14.1. The van der Waals surface area contributed by atoms with Crippen LogP contribution in [0.1, 0.15) is 12.5 Å². The predicted octanol–water partition coefficient (Wildman–Crippen LogP) is 5.40. The number of carbonyl (C=O) groups is 1. The molecule has 0 aliphatic carbocycles. The first-order valence-corrected chi connectivity index (χ1v) is 10.3. The summed E-state index contributed by atoms with van der Waals surface area (Å²) in [4.78, 5) is 22.6. The third-order valence-electron chi connectivity index (χ3n) is 3.40. The number of benzene rings is 2. The molecule has 2 rings (SSSR count). The van der Waals surface area contributed by atoms with Crippen LogP contribution in [0.25, 0.3) is 6.08 Å². The van der Waals surface area contributed by atoms with Gasteiger partial charge in [-0.2, -0.15) is 5.26 Å². The van der Waals surface area contributed by atoms with Crippen LogP contribution in [-0.2, 0) is 4.79 Å². The van der Waals surface area contributed by atoms with Crippen molar-refractivity contribution >= 4 is 80.1 Å². The molecule has 0 aliphatic rings. The minimum Gasteiger partial charge on any atom is -0.492 e. The average Bonchev–Trinajstić information content (AvgIpc) is 2.64. The Hall–Kier alpha value is -1.91. The Morgan fingerprint density at radius 2 is 2.00 bits per heavy atom. The van der Waals surface area contributed by atoms with Crippen LogP contribution >= 0.6 is 56.8 Å². The van der Waals surface area contributed by atoms with Crippen LogP contribution in [0.2, 0.25) is 5.02 Å². The van der Waals surface area contributed by atoms with E-state index in [0.717, 1.165) is 19.0 Å². The second-order valence-electron chi connectivity index (χ2n) is 5.29. The summed E-state index contributed by atoms with van der Waals surface area (Å²) in [5.41, 5.74) is 0.510. The van der Waals surface area contributed by atoms with Gasteiger partial charge in [-0.3, -0.25) is 14.9 Å². The minimum absolute atomic E-state index is 0.00463. The highest BCUT2D eigenvalue weighted by Gasteiger charge is 2.15. The standard InChI is InChI=1S/C18H12ClI2N3O4/c1-2-28-17-14(20)6-10(7-15(17)21)5-11(9-22)18(25)23-16-4-3-12(24(26)27)8-13(16)19/h3-8H,2H2,1H3,(H,23,25)/b11-5-. The van der Waals surface area contributed by atoms with Crippen molar-refractivity contribution in [3.63, 3.8) is 0 Å². The number of hydrogen-bond acceptors (Lipinski definition) is 5. The van der Waals surface area contributed by atoms with Crippen LogP contribution in [0, 0.1) is 28.6 Å². The summed E-state index contributed by atoms with van der Waals surface area (Å²) in [6.07, 6.45) is 1.45. The lowest BCUT2D eigenvalue weighted by Crippen LogP contribution is -2.13. The zero-order valence-corrected chi connectivity index (χ0v) is 19.4. The number of anilines is 1. The van der Waals surface area contributed by atoms with Crippen LogP contribution in [0.15, 0.2) is 35.9 Å². The van der Waals surface area contributed by atoms with Crippen LogP contribution in [0.5, 0.6) is 5.75 Å². The van der Waals surface area contributed by atoms with Gasteiger partial charge in [0.2, 0.25) is 0 Å². The van der Waals surface area contributed by atoms with E-state index in [4.69, 9.17) is 16.3 Å². The first-order valence-electron chi connectivity index (χ1n) is 7.75. The fraction of sp³-hybridized carbons (Fsp3) is 0.111. The van der Waals surface area contributed by atoms with Gasteiger partial charge >= 0.3 is 0 Å². The van der Waals surface area contributed by atoms with Crippen LogP contribution < -0.4 is 10.1 Å². The normalized spacial score (nSPS) is 10.9. The average molecular weight is 624 g/mol. The van der Waals surface area contributed by atoms with Crippen molar-refractivity contribution in [3.8, 4) is 11.8 Å². The lowest BCUT2D eigenvalue weighted by molar-refractivity contribution is -0.384. The number of hydrogen-bond donors (Lipinski definition) is 1. The molecule has 28 heavy (non-hydrogen) atoms. The third kappa shape index (κ3) is 5.55. The van der Waals surface area contributed by atoms with E-state index in [2.05, 4.69) is 50.5 Å². The van der Waals surface area contributed by atoms with Gasteiger partial charge in [-0.15, -0.1) is 0 Å². The summed E-state index contributed by atoms with van der Waals surface area (Å²) in [6.45, 7) is 2.42. The molecule has 1 N–H and O–H groups in total. The maximum atomic E-state index is 12.4. The van der Waals surface area contributed by atoms with Gasteiger partial charge in [0.05, 0.1) is 29.4 Å². The van der Waals surface area contributed by atoms with Gasteiger partial charge in [0.1, 0.15) is 17.4 Å². The first-order chi connectivity index (χ1) is 13.3. The largest absolute Gasteiger partial charge is 0.492 e. The second kappa shape index (κ2) is 10.0. The quantitative estimate of drug-likeness (QED) is 0.153. The van der Waals surface area contributed by atoms with Crippen molar-refractivity contribution in [3.05, 3.63) is 63.7 Å². The van der Waals surface area contributed by atoms with E-state index in [1.807, 2.05) is 13.0 Å². The fourth-order valence-corrected chi connectivity index (χ4v) is 4.52. The molecule has 10 heteroatoms. The predicted molar refractivity (Wildman–Crippen MR) is 123 cm³/mol. The third-order valence-corrected chi connectivity index (χ3v) is 5.31. The molecule has 0 unspecified atom stereocenters. The van der Waals surface area contributed by atoms with Crippen molar-refractivity contribution < 1.29 is 14.5 Å². The van der Waals surface area contributed by atoms with Crippen LogP contribution in [0.4, 0.5) is 11.4 Å². The van der Waals surface area contributed by atoms with Gasteiger partial charge in [-0.25, -0.2) is 0 Å². The van der Waals surface area contributed by atoms with Crippen molar-refractivity contribution in [2.75, 3.05) is 11.9 Å². The maximum Gasteiger partial charge on any atom is 0.271 e. The van der Waals surface area contributed by atoms with Crippen molar-refractivity contribution in [2.24, 2.45) is 0 Å². The van der Waals surface area contributed by atoms with E-state index in [9.17, 15) is 20.2 Å². The Kier molecular flexibility index (Phi) is 8.02. The summed E-state index contributed by atoms with van der Waals surface area (Å²) in [5.74, 6) is 0.0821. The molecule has 7 nitrogen and oxygen atoms in total. The number of amides is 1. The molecule has 0 heterocycles. The minimum atomic E-state index is -0.669. The molecule has 0 bridgehead atoms. The van der Waals surface area contributed by atoms with Gasteiger partial charge in [-0.05, 0) is 81.9 Å². The molecule has 2 aromatic carbocycles. The van der Waals surface area contributed by atoms with E-state index < -0.39 is 10.8 Å². The fourth-order valence-electron chi connectivity index (χ4n) is 2.17. The van der Waals surface area contributed by atoms with Gasteiger partial charge in [0.25, 0.3) is 11.6 Å². The molecule has 0 aliphatic heterocycles. The zero-order valence-electron chi connectivity index (χ0n) is 14.3. The number of nitro groups is 1. The van der Waals surface area contributed by atoms with Gasteiger partial charge in [0, 0.05) is 12.1 Å². The first kappa shape index (κ1) is 22.4. The number of nitro benzene ring substituents is 1. The number of ether oxygens (including phenoxy) is 1. The van der Waals surface area contributed by atoms with Gasteiger partial charge in [0.15, 0.2) is 0 Å². The number of nitrogens with one attached hydrogen (secondary N) is 1. The molecule has 2 aromatic rings. The summed E-state index contributed by atoms with van der Waals surface area (Å²) in [5, 5.41) is 22.6. The number of carbonyl (C=O) groups excluding carboxylic acids is 1. The Morgan fingerprint density at radius 3 is 2.50 bits per heavy atom. The Morgan fingerprint density at radius 1 is 1.36 bits per heavy atom. The molecule has 144 valence electrons. The SMILES string of the molecule is CCOc1c(I)cc(/C=C(/C#N)C(=O)Nc2ccc([N+](=O)[O-])cc2Cl)cc1I. The Balaban J connectivity index is 2.29.